The fourth-order valence-corrected chi connectivity index (χ4v) is 6.02. The number of unbranched alkanes of at least 4 members (excludes halogenated alkanes) is 6. The van der Waals surface area contributed by atoms with Gasteiger partial charge in [0.2, 0.25) is 0 Å². The summed E-state index contributed by atoms with van der Waals surface area (Å²) in [5.41, 5.74) is 5.12. The van der Waals surface area contributed by atoms with Crippen LogP contribution in [0.5, 0.6) is 0 Å². The van der Waals surface area contributed by atoms with Crippen LogP contribution in [0.3, 0.4) is 0 Å². The minimum absolute atomic E-state index is 0.183. The topological polar surface area (TPSA) is 81.7 Å². The molecule has 0 aliphatic heterocycles. The van der Waals surface area contributed by atoms with Crippen LogP contribution in [0.4, 0.5) is 0 Å². The summed E-state index contributed by atoms with van der Waals surface area (Å²) in [5, 5.41) is 18.3. The summed E-state index contributed by atoms with van der Waals surface area (Å²) in [6, 6.07) is 27.5. The van der Waals surface area contributed by atoms with Gasteiger partial charge in [-0.05, 0) is 84.5 Å². The van der Waals surface area contributed by atoms with Crippen LogP contribution in [0.15, 0.2) is 113 Å². The summed E-state index contributed by atoms with van der Waals surface area (Å²) in [7, 11) is 0. The van der Waals surface area contributed by atoms with Crippen molar-refractivity contribution < 1.29 is 9.59 Å². The summed E-state index contributed by atoms with van der Waals surface area (Å²) in [6.07, 6.45) is 13.7. The van der Waals surface area contributed by atoms with Gasteiger partial charge in [0.25, 0.3) is 0 Å². The first-order valence-corrected chi connectivity index (χ1v) is 16.6. The van der Waals surface area contributed by atoms with Crippen LogP contribution in [0.1, 0.15) is 75.8 Å². The normalized spacial score (nSPS) is 11.2. The molecule has 0 aliphatic carbocycles. The number of rotatable bonds is 16. The number of benzene rings is 3. The Balaban J connectivity index is 1.22. The standard InChI is InChI=1S/C38H38N2O2S2/c1-3-30(27-39)14-13-29(2)32-19-23-35(24-20-32)43-37(41)11-9-7-5-4-6-8-10-12-38(42)44-36-25-21-34(22-26-36)33-17-15-31(28-40)16-18-33/h3,13-26H,2,4-12H2,1H3/b14-13-,30-3+. The molecule has 4 nitrogen and oxygen atoms in total. The van der Waals surface area contributed by atoms with Gasteiger partial charge in [-0.1, -0.05) is 111 Å². The lowest BCUT2D eigenvalue weighted by Gasteiger charge is -2.05. The van der Waals surface area contributed by atoms with Crippen LogP contribution in [0, 0.1) is 22.7 Å². The average Bonchev–Trinajstić information content (AvgIpc) is 3.05. The average molecular weight is 619 g/mol. The maximum Gasteiger partial charge on any atom is 0.193 e. The molecule has 0 N–H and O–H groups in total. The van der Waals surface area contributed by atoms with Crippen LogP contribution < -0.4 is 0 Å². The summed E-state index contributed by atoms with van der Waals surface area (Å²) in [5.74, 6) is 0. The van der Waals surface area contributed by atoms with Crippen LogP contribution in [0.25, 0.3) is 16.7 Å². The first-order valence-electron chi connectivity index (χ1n) is 15.0. The van der Waals surface area contributed by atoms with Crippen molar-refractivity contribution in [1.29, 1.82) is 10.5 Å². The molecule has 224 valence electrons. The molecule has 0 aliphatic rings. The second kappa shape index (κ2) is 19.2. The Morgan fingerprint density at radius 2 is 1.14 bits per heavy atom. The van der Waals surface area contributed by atoms with Gasteiger partial charge in [-0.15, -0.1) is 0 Å². The number of carbonyl (C=O) groups excluding carboxylic acids is 2. The third-order valence-electron chi connectivity index (χ3n) is 7.06. The third-order valence-corrected chi connectivity index (χ3v) is 8.94. The second-order valence-corrected chi connectivity index (χ2v) is 12.6. The summed E-state index contributed by atoms with van der Waals surface area (Å²) in [6.45, 7) is 5.88. The molecule has 0 unspecified atom stereocenters. The number of nitriles is 2. The van der Waals surface area contributed by atoms with E-state index in [9.17, 15) is 9.59 Å². The molecule has 0 saturated carbocycles. The van der Waals surface area contributed by atoms with Crippen LogP contribution in [-0.4, -0.2) is 10.2 Å². The zero-order chi connectivity index (χ0) is 31.6. The van der Waals surface area contributed by atoms with Gasteiger partial charge in [0.05, 0.1) is 17.7 Å². The quantitative estimate of drug-likeness (QED) is 0.0687. The largest absolute Gasteiger partial charge is 0.287 e. The van der Waals surface area contributed by atoms with Gasteiger partial charge in [0.15, 0.2) is 10.2 Å². The van der Waals surface area contributed by atoms with E-state index < -0.39 is 0 Å². The second-order valence-electron chi connectivity index (χ2n) is 10.4. The lowest BCUT2D eigenvalue weighted by molar-refractivity contribution is -0.111. The molecular formula is C38H38N2O2S2. The highest BCUT2D eigenvalue weighted by molar-refractivity contribution is 8.13. The minimum atomic E-state index is 0.183. The molecule has 3 aromatic rings. The van der Waals surface area contributed by atoms with E-state index in [-0.39, 0.29) is 10.2 Å². The van der Waals surface area contributed by atoms with Gasteiger partial charge in [-0.2, -0.15) is 10.5 Å². The fourth-order valence-electron chi connectivity index (χ4n) is 4.46. The molecule has 3 rings (SSSR count). The van der Waals surface area contributed by atoms with E-state index in [4.69, 9.17) is 10.5 Å². The summed E-state index contributed by atoms with van der Waals surface area (Å²) in [4.78, 5) is 26.7. The zero-order valence-electron chi connectivity index (χ0n) is 25.3. The van der Waals surface area contributed by atoms with Crippen molar-refractivity contribution in [3.63, 3.8) is 0 Å². The smallest absolute Gasteiger partial charge is 0.193 e. The highest BCUT2D eigenvalue weighted by atomic mass is 32.2. The Hall–Kier alpha value is -4.10. The van der Waals surface area contributed by atoms with E-state index in [1.807, 2.05) is 85.8 Å². The van der Waals surface area contributed by atoms with Gasteiger partial charge in [-0.25, -0.2) is 0 Å². The number of thioether (sulfide) groups is 2. The minimum Gasteiger partial charge on any atom is -0.287 e. The zero-order valence-corrected chi connectivity index (χ0v) is 26.9. The maximum atomic E-state index is 12.4. The highest BCUT2D eigenvalue weighted by Crippen LogP contribution is 2.27. The van der Waals surface area contributed by atoms with Gasteiger partial charge in [-0.3, -0.25) is 9.59 Å². The predicted octanol–water partition coefficient (Wildman–Crippen LogP) is 10.7. The van der Waals surface area contributed by atoms with Crippen LogP contribution in [0.2, 0.25) is 0 Å². The molecule has 6 heteroatoms. The van der Waals surface area contributed by atoms with E-state index >= 15 is 0 Å². The first-order chi connectivity index (χ1) is 21.4. The monoisotopic (exact) mass is 618 g/mol. The van der Waals surface area contributed by atoms with Crippen molar-refractivity contribution in [1.82, 2.24) is 0 Å². The number of nitrogens with zero attached hydrogens (tertiary/aromatic N) is 2. The lowest BCUT2D eigenvalue weighted by atomic mass is 10.0. The molecule has 0 atom stereocenters. The van der Waals surface area contributed by atoms with Crippen molar-refractivity contribution >= 4 is 39.3 Å². The molecule has 0 radical (unpaired) electrons. The molecule has 0 bridgehead atoms. The molecule has 0 saturated heterocycles. The number of hydrogen-bond donors (Lipinski definition) is 0. The van der Waals surface area contributed by atoms with Gasteiger partial charge in [0.1, 0.15) is 0 Å². The SMILES string of the molecule is C=C(/C=C\C(C#N)=C/C)c1ccc(SC(=O)CCCCCCCCCC(=O)Sc2ccc(-c3ccc(C#N)cc3)cc2)cc1. The number of allylic oxidation sites excluding steroid dienone is 5. The van der Waals surface area contributed by atoms with E-state index in [1.54, 1.807) is 12.2 Å². The van der Waals surface area contributed by atoms with Crippen molar-refractivity contribution in [2.45, 2.75) is 74.5 Å². The van der Waals surface area contributed by atoms with Crippen molar-refractivity contribution in [3.8, 4) is 23.3 Å². The lowest BCUT2D eigenvalue weighted by Crippen LogP contribution is -1.93. The van der Waals surface area contributed by atoms with Crippen molar-refractivity contribution in [2.24, 2.45) is 0 Å². The fraction of sp³-hybridized carbons (Fsp3) is 0.263. The molecular weight excluding hydrogens is 581 g/mol. The summed E-state index contributed by atoms with van der Waals surface area (Å²) >= 11 is 2.59. The Morgan fingerprint density at radius 3 is 1.59 bits per heavy atom. The number of carbonyl (C=O) groups is 2. The molecule has 3 aromatic carbocycles. The molecule has 0 aromatic heterocycles. The van der Waals surface area contributed by atoms with Gasteiger partial charge < -0.3 is 0 Å². The Labute approximate surface area is 270 Å². The van der Waals surface area contributed by atoms with Gasteiger partial charge in [0, 0.05) is 28.2 Å². The molecule has 0 fully saturated rings. The Bertz CT molecular complexity index is 1540. The van der Waals surface area contributed by atoms with E-state index in [1.165, 1.54) is 23.5 Å². The van der Waals surface area contributed by atoms with Crippen molar-refractivity contribution in [2.75, 3.05) is 0 Å². The number of hydrogen-bond acceptors (Lipinski definition) is 6. The molecule has 0 heterocycles. The molecule has 0 spiro atoms. The van der Waals surface area contributed by atoms with E-state index in [0.29, 0.717) is 24.0 Å². The van der Waals surface area contributed by atoms with Crippen LogP contribution in [-0.2, 0) is 9.59 Å². The first kappa shape index (κ1) is 34.4. The van der Waals surface area contributed by atoms with Crippen LogP contribution >= 0.6 is 23.5 Å². The Morgan fingerprint density at radius 1 is 0.682 bits per heavy atom. The summed E-state index contributed by atoms with van der Waals surface area (Å²) < 4.78 is 0. The maximum absolute atomic E-state index is 12.4. The third kappa shape index (κ3) is 12.3. The molecule has 44 heavy (non-hydrogen) atoms. The van der Waals surface area contributed by atoms with E-state index in [2.05, 4.69) is 18.7 Å². The van der Waals surface area contributed by atoms with Gasteiger partial charge >= 0.3 is 0 Å². The van der Waals surface area contributed by atoms with E-state index in [0.717, 1.165) is 77.0 Å². The Kier molecular flexibility index (Phi) is 15.0. The van der Waals surface area contributed by atoms with Crippen molar-refractivity contribution in [3.05, 3.63) is 114 Å². The molecule has 0 amide bonds. The predicted molar refractivity (Wildman–Crippen MR) is 184 cm³/mol. The highest BCUT2D eigenvalue weighted by Gasteiger charge is 2.07.